The van der Waals surface area contributed by atoms with Crippen LogP contribution >= 0.6 is 15.9 Å². The maximum Gasteiger partial charge on any atom is 0.337 e. The Bertz CT molecular complexity index is 1490. The number of hydrogen-bond acceptors (Lipinski definition) is 7. The van der Waals surface area contributed by atoms with Crippen LogP contribution in [0.5, 0.6) is 11.5 Å². The number of amides is 4. The van der Waals surface area contributed by atoms with Crippen LogP contribution < -0.4 is 19.7 Å². The highest BCUT2D eigenvalue weighted by Crippen LogP contribution is 2.38. The van der Waals surface area contributed by atoms with Gasteiger partial charge in [-0.25, -0.2) is 14.5 Å². The quantitative estimate of drug-likeness (QED) is 0.230. The highest BCUT2D eigenvalue weighted by Gasteiger charge is 2.37. The Morgan fingerprint density at radius 3 is 2.26 bits per heavy atom. The molecule has 1 aliphatic rings. The van der Waals surface area contributed by atoms with Gasteiger partial charge in [-0.1, -0.05) is 29.3 Å². The minimum atomic E-state index is -0.901. The van der Waals surface area contributed by atoms with Crippen LogP contribution in [0.25, 0.3) is 6.08 Å². The molecule has 0 radical (unpaired) electrons. The second-order valence-electron chi connectivity index (χ2n) is 8.82. The summed E-state index contributed by atoms with van der Waals surface area (Å²) < 4.78 is 16.8. The van der Waals surface area contributed by atoms with Gasteiger partial charge in [-0.2, -0.15) is 0 Å². The number of hydrogen-bond donors (Lipinski definition) is 1. The molecule has 3 aromatic carbocycles. The third-order valence-electron chi connectivity index (χ3n) is 5.88. The molecule has 1 saturated heterocycles. The third-order valence-corrected chi connectivity index (χ3v) is 6.46. The van der Waals surface area contributed by atoms with Crippen molar-refractivity contribution in [1.82, 2.24) is 5.32 Å². The summed E-state index contributed by atoms with van der Waals surface area (Å²) in [4.78, 5) is 50.9. The van der Waals surface area contributed by atoms with Gasteiger partial charge in [0.05, 0.1) is 29.9 Å². The van der Waals surface area contributed by atoms with Gasteiger partial charge >= 0.3 is 12.0 Å². The van der Waals surface area contributed by atoms with E-state index >= 15 is 0 Å². The molecule has 0 bridgehead atoms. The number of methoxy groups -OCH3 is 2. The van der Waals surface area contributed by atoms with E-state index in [0.717, 1.165) is 21.6 Å². The van der Waals surface area contributed by atoms with Gasteiger partial charge in [0.1, 0.15) is 12.2 Å². The number of urea groups is 1. The fourth-order valence-electron chi connectivity index (χ4n) is 4.19. The normalized spacial score (nSPS) is 14.3. The van der Waals surface area contributed by atoms with Crippen molar-refractivity contribution >= 4 is 51.5 Å². The van der Waals surface area contributed by atoms with Crippen molar-refractivity contribution in [1.29, 1.82) is 0 Å². The second-order valence-corrected chi connectivity index (χ2v) is 9.67. The number of rotatable bonds is 7. The molecule has 1 aliphatic heterocycles. The predicted molar refractivity (Wildman–Crippen MR) is 148 cm³/mol. The Morgan fingerprint density at radius 1 is 0.974 bits per heavy atom. The number of carbonyl (C=O) groups is 4. The molecule has 3 aromatic rings. The molecule has 4 amide bonds. The lowest BCUT2D eigenvalue weighted by molar-refractivity contribution is -0.122. The Kier molecular flexibility index (Phi) is 8.15. The molecule has 0 aromatic heterocycles. The van der Waals surface area contributed by atoms with Crippen molar-refractivity contribution in [3.05, 3.63) is 92.5 Å². The molecule has 0 aliphatic carbocycles. The Labute approximate surface area is 233 Å². The van der Waals surface area contributed by atoms with Crippen LogP contribution in [-0.2, 0) is 20.9 Å². The molecule has 0 unspecified atom stereocenters. The van der Waals surface area contributed by atoms with Crippen LogP contribution in [0.1, 0.15) is 32.6 Å². The van der Waals surface area contributed by atoms with E-state index in [1.807, 2.05) is 26.0 Å². The fourth-order valence-corrected chi connectivity index (χ4v) is 4.77. The number of aryl methyl sites for hydroxylation is 2. The van der Waals surface area contributed by atoms with Crippen LogP contribution in [0.15, 0.2) is 64.6 Å². The molecular weight excluding hydrogens is 568 g/mol. The van der Waals surface area contributed by atoms with Gasteiger partial charge in [0.2, 0.25) is 0 Å². The number of esters is 1. The summed E-state index contributed by atoms with van der Waals surface area (Å²) >= 11 is 3.50. The van der Waals surface area contributed by atoms with E-state index < -0.39 is 23.8 Å². The summed E-state index contributed by atoms with van der Waals surface area (Å²) in [6.07, 6.45) is 1.36. The minimum absolute atomic E-state index is 0.178. The van der Waals surface area contributed by atoms with E-state index in [2.05, 4.69) is 32.0 Å². The number of ether oxygens (including phenoxy) is 3. The second kappa shape index (κ2) is 11.5. The number of halogens is 1. The van der Waals surface area contributed by atoms with E-state index in [1.54, 1.807) is 12.1 Å². The number of barbiturate groups is 1. The number of nitrogens with one attached hydrogen (secondary N) is 1. The molecule has 0 spiro atoms. The number of carbonyl (C=O) groups excluding carboxylic acids is 4. The smallest absolute Gasteiger partial charge is 0.337 e. The predicted octanol–water partition coefficient (Wildman–Crippen LogP) is 5.11. The SMILES string of the molecule is COC(=O)c1ccc(N2C(=O)NC(=O)/C(=C\c3cc(Br)c(OCc4cc(C)cc(C)c4)c(OC)c3)C2=O)cc1. The van der Waals surface area contributed by atoms with Crippen molar-refractivity contribution in [2.75, 3.05) is 19.1 Å². The molecule has 4 rings (SSSR count). The average Bonchev–Trinajstić information content (AvgIpc) is 2.89. The van der Waals surface area contributed by atoms with E-state index in [1.165, 1.54) is 44.6 Å². The average molecular weight is 593 g/mol. The van der Waals surface area contributed by atoms with Crippen molar-refractivity contribution in [2.24, 2.45) is 0 Å². The van der Waals surface area contributed by atoms with Gasteiger partial charge in [0.25, 0.3) is 11.8 Å². The van der Waals surface area contributed by atoms with Crippen molar-refractivity contribution in [2.45, 2.75) is 20.5 Å². The summed E-state index contributed by atoms with van der Waals surface area (Å²) in [5.74, 6) is -1.37. The van der Waals surface area contributed by atoms with Crippen LogP contribution in [0.2, 0.25) is 0 Å². The zero-order valence-electron chi connectivity index (χ0n) is 21.7. The molecular formula is C29H25BrN2O7. The Balaban J connectivity index is 1.62. The van der Waals surface area contributed by atoms with E-state index in [0.29, 0.717) is 28.1 Å². The molecule has 1 heterocycles. The molecule has 1 N–H and O–H groups in total. The number of imide groups is 2. The van der Waals surface area contributed by atoms with Crippen LogP contribution in [-0.4, -0.2) is 38.0 Å². The molecule has 39 heavy (non-hydrogen) atoms. The maximum absolute atomic E-state index is 13.3. The van der Waals surface area contributed by atoms with E-state index in [-0.39, 0.29) is 16.8 Å². The van der Waals surface area contributed by atoms with Gasteiger partial charge in [-0.15, -0.1) is 0 Å². The first-order valence-corrected chi connectivity index (χ1v) is 12.6. The number of nitrogens with zero attached hydrogens (tertiary/aromatic N) is 1. The zero-order valence-corrected chi connectivity index (χ0v) is 23.2. The summed E-state index contributed by atoms with van der Waals surface area (Å²) in [5.41, 5.74) is 3.89. The first kappa shape index (κ1) is 27.6. The standard InChI is InChI=1S/C29H25BrN2O7/c1-16-9-17(2)11-19(10-16)15-39-25-23(30)13-18(14-24(25)37-3)12-22-26(33)31-29(36)32(27(22)34)21-7-5-20(6-8-21)28(35)38-4/h5-14H,15H2,1-4H3,(H,31,33,36)/b22-12+. The van der Waals surface area contributed by atoms with Gasteiger partial charge in [-0.3, -0.25) is 14.9 Å². The highest BCUT2D eigenvalue weighted by molar-refractivity contribution is 9.10. The van der Waals surface area contributed by atoms with Gasteiger partial charge in [0, 0.05) is 0 Å². The monoisotopic (exact) mass is 592 g/mol. The highest BCUT2D eigenvalue weighted by atomic mass is 79.9. The van der Waals surface area contributed by atoms with Gasteiger partial charge in [-0.05, 0) is 83.4 Å². The number of anilines is 1. The van der Waals surface area contributed by atoms with Gasteiger partial charge < -0.3 is 14.2 Å². The molecule has 10 heteroatoms. The summed E-state index contributed by atoms with van der Waals surface area (Å²) in [5, 5.41) is 2.18. The third kappa shape index (κ3) is 6.01. The Morgan fingerprint density at radius 2 is 1.64 bits per heavy atom. The summed E-state index contributed by atoms with van der Waals surface area (Å²) in [6, 6.07) is 14.2. The lowest BCUT2D eigenvalue weighted by Crippen LogP contribution is -2.54. The Hall–Kier alpha value is -4.44. The number of benzene rings is 3. The maximum atomic E-state index is 13.3. The van der Waals surface area contributed by atoms with Crippen molar-refractivity contribution < 1.29 is 33.4 Å². The van der Waals surface area contributed by atoms with Crippen LogP contribution in [0.4, 0.5) is 10.5 Å². The van der Waals surface area contributed by atoms with Crippen LogP contribution in [0.3, 0.4) is 0 Å². The summed E-state index contributed by atoms with van der Waals surface area (Å²) in [7, 11) is 2.73. The molecule has 200 valence electrons. The molecule has 9 nitrogen and oxygen atoms in total. The van der Waals surface area contributed by atoms with Crippen molar-refractivity contribution in [3.8, 4) is 11.5 Å². The minimum Gasteiger partial charge on any atom is -0.493 e. The van der Waals surface area contributed by atoms with E-state index in [9.17, 15) is 19.2 Å². The first-order chi connectivity index (χ1) is 18.6. The summed E-state index contributed by atoms with van der Waals surface area (Å²) in [6.45, 7) is 4.35. The van der Waals surface area contributed by atoms with Crippen LogP contribution in [0, 0.1) is 13.8 Å². The molecule has 0 saturated carbocycles. The lowest BCUT2D eigenvalue weighted by Gasteiger charge is -2.26. The first-order valence-electron chi connectivity index (χ1n) is 11.8. The topological polar surface area (TPSA) is 111 Å². The molecule has 0 atom stereocenters. The molecule has 1 fully saturated rings. The van der Waals surface area contributed by atoms with E-state index in [4.69, 9.17) is 9.47 Å². The van der Waals surface area contributed by atoms with Gasteiger partial charge in [0.15, 0.2) is 11.5 Å². The van der Waals surface area contributed by atoms with Crippen molar-refractivity contribution in [3.63, 3.8) is 0 Å². The fraction of sp³-hybridized carbons (Fsp3) is 0.172. The largest absolute Gasteiger partial charge is 0.493 e. The zero-order chi connectivity index (χ0) is 28.3. The lowest BCUT2D eigenvalue weighted by atomic mass is 10.1.